The van der Waals surface area contributed by atoms with Gasteiger partial charge in [0.05, 0.1) is 0 Å². The molecule has 0 saturated carbocycles. The van der Waals surface area contributed by atoms with Crippen molar-refractivity contribution >= 4 is 23.7 Å². The number of rotatable bonds is 2. The molecule has 0 radical (unpaired) electrons. The molecule has 0 bridgehead atoms. The van der Waals surface area contributed by atoms with Crippen molar-refractivity contribution in [2.75, 3.05) is 6.54 Å². The van der Waals surface area contributed by atoms with E-state index in [9.17, 15) is 0 Å². The Bertz CT molecular complexity index is 266. The van der Waals surface area contributed by atoms with Crippen LogP contribution in [0.1, 0.15) is 42.0 Å². The summed E-state index contributed by atoms with van der Waals surface area (Å²) < 4.78 is 0. The van der Waals surface area contributed by atoms with Gasteiger partial charge in [0, 0.05) is 15.8 Å². The van der Waals surface area contributed by atoms with Gasteiger partial charge in [-0.2, -0.15) is 0 Å². The Morgan fingerprint density at radius 1 is 1.43 bits per heavy atom. The summed E-state index contributed by atoms with van der Waals surface area (Å²) in [6, 6.07) is 5.22. The second-order valence-corrected chi connectivity index (χ2v) is 4.86. The van der Waals surface area contributed by atoms with Gasteiger partial charge in [-0.1, -0.05) is 13.3 Å². The van der Waals surface area contributed by atoms with Gasteiger partial charge in [0.15, 0.2) is 0 Å². The maximum absolute atomic E-state index is 3.58. The normalized spacial score (nSPS) is 21.6. The molecule has 1 aliphatic rings. The van der Waals surface area contributed by atoms with E-state index in [0.717, 1.165) is 0 Å². The highest BCUT2D eigenvalue weighted by Crippen LogP contribution is 2.28. The summed E-state index contributed by atoms with van der Waals surface area (Å²) in [5, 5.41) is 3.58. The lowest BCUT2D eigenvalue weighted by Gasteiger charge is -2.22. The largest absolute Gasteiger partial charge is 0.309 e. The van der Waals surface area contributed by atoms with Crippen LogP contribution in [-0.2, 0) is 6.42 Å². The average Bonchev–Trinajstić information content (AvgIpc) is 2.67. The minimum Gasteiger partial charge on any atom is -0.309 e. The van der Waals surface area contributed by atoms with E-state index < -0.39 is 0 Å². The molecular weight excluding hydrogens is 214 g/mol. The van der Waals surface area contributed by atoms with Crippen LogP contribution >= 0.6 is 23.7 Å². The van der Waals surface area contributed by atoms with Crippen LogP contribution in [0.25, 0.3) is 0 Å². The third-order valence-electron chi connectivity index (χ3n) is 2.68. The van der Waals surface area contributed by atoms with Crippen molar-refractivity contribution in [2.24, 2.45) is 0 Å². The molecule has 1 N–H and O–H groups in total. The van der Waals surface area contributed by atoms with E-state index in [1.165, 1.54) is 42.0 Å². The van der Waals surface area contributed by atoms with Crippen molar-refractivity contribution in [3.8, 4) is 0 Å². The first-order valence-electron chi connectivity index (χ1n) is 5.22. The fraction of sp³-hybridized carbons (Fsp3) is 0.636. The minimum absolute atomic E-state index is 0. The zero-order valence-electron chi connectivity index (χ0n) is 8.58. The molecule has 1 nitrogen and oxygen atoms in total. The maximum atomic E-state index is 3.58. The summed E-state index contributed by atoms with van der Waals surface area (Å²) in [5.74, 6) is 0. The summed E-state index contributed by atoms with van der Waals surface area (Å²) in [6.45, 7) is 3.42. The maximum Gasteiger partial charge on any atom is 0.0414 e. The van der Waals surface area contributed by atoms with Crippen LogP contribution in [0.4, 0.5) is 0 Å². The van der Waals surface area contributed by atoms with Crippen molar-refractivity contribution < 1.29 is 0 Å². The van der Waals surface area contributed by atoms with E-state index in [1.54, 1.807) is 0 Å². The van der Waals surface area contributed by atoms with Gasteiger partial charge in [0.1, 0.15) is 0 Å². The van der Waals surface area contributed by atoms with Crippen LogP contribution in [0.5, 0.6) is 0 Å². The van der Waals surface area contributed by atoms with Crippen LogP contribution in [0.3, 0.4) is 0 Å². The van der Waals surface area contributed by atoms with E-state index >= 15 is 0 Å². The quantitative estimate of drug-likeness (QED) is 0.821. The SMILES string of the molecule is CCc1ccc([C@H]2CCCCN2)s1.Cl. The Hall–Kier alpha value is -0.0500. The molecule has 3 heteroatoms. The molecule has 2 rings (SSSR count). The van der Waals surface area contributed by atoms with Gasteiger partial charge in [0.25, 0.3) is 0 Å². The van der Waals surface area contributed by atoms with Crippen LogP contribution < -0.4 is 5.32 Å². The van der Waals surface area contributed by atoms with E-state index in [2.05, 4.69) is 24.4 Å². The third-order valence-corrected chi connectivity index (χ3v) is 4.03. The Balaban J connectivity index is 0.000000980. The smallest absolute Gasteiger partial charge is 0.0414 e. The second-order valence-electron chi connectivity index (χ2n) is 3.66. The molecule has 1 aromatic heterocycles. The highest BCUT2D eigenvalue weighted by Gasteiger charge is 2.15. The van der Waals surface area contributed by atoms with Gasteiger partial charge < -0.3 is 5.32 Å². The fourth-order valence-electron chi connectivity index (χ4n) is 1.87. The monoisotopic (exact) mass is 231 g/mol. The fourth-order valence-corrected chi connectivity index (χ4v) is 2.93. The number of thiophene rings is 1. The molecule has 1 saturated heterocycles. The van der Waals surface area contributed by atoms with Crippen molar-refractivity contribution in [3.63, 3.8) is 0 Å². The first-order valence-corrected chi connectivity index (χ1v) is 6.04. The molecule has 0 amide bonds. The Labute approximate surface area is 96.3 Å². The predicted molar refractivity (Wildman–Crippen MR) is 65.5 cm³/mol. The first kappa shape index (κ1) is 12.0. The van der Waals surface area contributed by atoms with Gasteiger partial charge >= 0.3 is 0 Å². The number of hydrogen-bond acceptors (Lipinski definition) is 2. The first-order chi connectivity index (χ1) is 6.40. The van der Waals surface area contributed by atoms with Gasteiger partial charge in [-0.3, -0.25) is 0 Å². The average molecular weight is 232 g/mol. The lowest BCUT2D eigenvalue weighted by molar-refractivity contribution is 0.417. The molecule has 0 aromatic carbocycles. The standard InChI is InChI=1S/C11H17NS.ClH/c1-2-9-6-7-11(13-9)10-5-3-4-8-12-10;/h6-7,10,12H,2-5,8H2,1H3;1H/t10-;/m1./s1. The number of nitrogens with one attached hydrogen (secondary N) is 1. The zero-order chi connectivity index (χ0) is 9.10. The van der Waals surface area contributed by atoms with Crippen molar-refractivity contribution in [3.05, 3.63) is 21.9 Å². The minimum atomic E-state index is 0. The summed E-state index contributed by atoms with van der Waals surface area (Å²) >= 11 is 1.98. The number of aryl methyl sites for hydroxylation is 1. The second kappa shape index (κ2) is 5.74. The van der Waals surface area contributed by atoms with E-state index in [4.69, 9.17) is 0 Å². The topological polar surface area (TPSA) is 12.0 Å². The number of piperidine rings is 1. The van der Waals surface area contributed by atoms with Gasteiger partial charge in [-0.05, 0) is 37.9 Å². The molecule has 2 heterocycles. The van der Waals surface area contributed by atoms with Crippen molar-refractivity contribution in [1.82, 2.24) is 5.32 Å². The summed E-state index contributed by atoms with van der Waals surface area (Å²) in [4.78, 5) is 3.05. The molecule has 1 fully saturated rings. The highest BCUT2D eigenvalue weighted by atomic mass is 35.5. The molecule has 1 aliphatic heterocycles. The van der Waals surface area contributed by atoms with E-state index in [-0.39, 0.29) is 12.4 Å². The summed E-state index contributed by atoms with van der Waals surface area (Å²) in [6.07, 6.45) is 5.24. The van der Waals surface area contributed by atoms with Crippen molar-refractivity contribution in [2.45, 2.75) is 38.6 Å². The molecule has 0 unspecified atom stereocenters. The molecule has 0 spiro atoms. The number of halogens is 1. The van der Waals surface area contributed by atoms with Gasteiger partial charge in [-0.15, -0.1) is 23.7 Å². The Kier molecular flexibility index (Phi) is 4.93. The third kappa shape index (κ3) is 2.72. The lowest BCUT2D eigenvalue weighted by Crippen LogP contribution is -2.25. The molecule has 80 valence electrons. The van der Waals surface area contributed by atoms with Crippen LogP contribution in [0.15, 0.2) is 12.1 Å². The lowest BCUT2D eigenvalue weighted by atomic mass is 10.0. The van der Waals surface area contributed by atoms with Crippen LogP contribution in [-0.4, -0.2) is 6.54 Å². The Morgan fingerprint density at radius 2 is 2.29 bits per heavy atom. The molecule has 1 aromatic rings. The zero-order valence-corrected chi connectivity index (χ0v) is 10.2. The highest BCUT2D eigenvalue weighted by molar-refractivity contribution is 7.12. The molecule has 0 aliphatic carbocycles. The van der Waals surface area contributed by atoms with Gasteiger partial charge in [0.2, 0.25) is 0 Å². The molecular formula is C11H18ClNS. The molecule has 14 heavy (non-hydrogen) atoms. The molecule has 1 atom stereocenters. The van der Waals surface area contributed by atoms with Crippen LogP contribution in [0, 0.1) is 0 Å². The predicted octanol–water partition coefficient (Wildman–Crippen LogP) is 3.55. The number of hydrogen-bond donors (Lipinski definition) is 1. The summed E-state index contributed by atoms with van der Waals surface area (Å²) in [7, 11) is 0. The Morgan fingerprint density at radius 3 is 2.86 bits per heavy atom. The van der Waals surface area contributed by atoms with Crippen molar-refractivity contribution in [1.29, 1.82) is 0 Å². The van der Waals surface area contributed by atoms with Gasteiger partial charge in [-0.25, -0.2) is 0 Å². The van der Waals surface area contributed by atoms with E-state index in [0.29, 0.717) is 6.04 Å². The summed E-state index contributed by atoms with van der Waals surface area (Å²) in [5.41, 5.74) is 0. The van der Waals surface area contributed by atoms with E-state index in [1.807, 2.05) is 11.3 Å². The van der Waals surface area contributed by atoms with Crippen LogP contribution in [0.2, 0.25) is 0 Å².